The molecule has 0 bridgehead atoms. The fourth-order valence-electron chi connectivity index (χ4n) is 4.04. The molecular weight excluding hydrogens is 360 g/mol. The number of rotatable bonds is 5. The van der Waals surface area contributed by atoms with Crippen LogP contribution in [0.1, 0.15) is 66.5 Å². The highest BCUT2D eigenvalue weighted by Crippen LogP contribution is 2.27. The maximum absolute atomic E-state index is 12.8. The molecule has 0 aromatic carbocycles. The summed E-state index contributed by atoms with van der Waals surface area (Å²) in [6.07, 6.45) is 9.66. The number of aryl methyl sites for hydroxylation is 1. The highest BCUT2D eigenvalue weighted by molar-refractivity contribution is 5.94. The van der Waals surface area contributed by atoms with E-state index in [9.17, 15) is 9.59 Å². The molecule has 1 atom stereocenters. The van der Waals surface area contributed by atoms with Crippen LogP contribution in [-0.4, -0.2) is 55.8 Å². The number of carbonyl (C=O) groups is 2. The highest BCUT2D eigenvalue weighted by atomic mass is 16.5. The van der Waals surface area contributed by atoms with Crippen molar-refractivity contribution in [3.8, 4) is 0 Å². The van der Waals surface area contributed by atoms with Gasteiger partial charge in [0.1, 0.15) is 6.54 Å². The van der Waals surface area contributed by atoms with Gasteiger partial charge in [0, 0.05) is 25.3 Å². The third-order valence-corrected chi connectivity index (χ3v) is 5.52. The molecule has 2 amide bonds. The number of likely N-dealkylation sites (tertiary alicyclic amines) is 1. The lowest BCUT2D eigenvalue weighted by Crippen LogP contribution is -2.38. The Labute approximate surface area is 163 Å². The maximum Gasteiger partial charge on any atom is 0.257 e. The third-order valence-electron chi connectivity index (χ3n) is 5.52. The first-order valence-corrected chi connectivity index (χ1v) is 10.00. The predicted octanol–water partition coefficient (Wildman–Crippen LogP) is 1.65. The Balaban J connectivity index is 1.31. The lowest BCUT2D eigenvalue weighted by Gasteiger charge is -2.22. The minimum absolute atomic E-state index is 0.0537. The topological polar surface area (TPSA) is 106 Å². The molecule has 150 valence electrons. The Morgan fingerprint density at radius 3 is 2.82 bits per heavy atom. The zero-order valence-electron chi connectivity index (χ0n) is 16.1. The summed E-state index contributed by atoms with van der Waals surface area (Å²) in [5.74, 6) is 1.12. The van der Waals surface area contributed by atoms with Crippen LogP contribution in [0.3, 0.4) is 0 Å². The second-order valence-electron chi connectivity index (χ2n) is 7.75. The van der Waals surface area contributed by atoms with Gasteiger partial charge in [-0.1, -0.05) is 24.4 Å². The molecule has 1 aliphatic heterocycles. The van der Waals surface area contributed by atoms with Crippen molar-refractivity contribution in [1.82, 2.24) is 30.1 Å². The molecule has 2 fully saturated rings. The van der Waals surface area contributed by atoms with Crippen molar-refractivity contribution in [2.24, 2.45) is 0 Å². The number of amides is 2. The molecule has 1 aliphatic carbocycles. The lowest BCUT2D eigenvalue weighted by molar-refractivity contribution is -0.122. The first kappa shape index (κ1) is 18.6. The van der Waals surface area contributed by atoms with E-state index in [1.807, 2.05) is 0 Å². The maximum atomic E-state index is 12.8. The van der Waals surface area contributed by atoms with Crippen LogP contribution in [0.4, 0.5) is 0 Å². The number of carbonyl (C=O) groups excluding carboxylic acids is 2. The number of aromatic nitrogens is 4. The number of hydrogen-bond acceptors (Lipinski definition) is 6. The van der Waals surface area contributed by atoms with Gasteiger partial charge in [0.25, 0.3) is 5.91 Å². The van der Waals surface area contributed by atoms with Crippen LogP contribution in [0.15, 0.2) is 16.9 Å². The van der Waals surface area contributed by atoms with E-state index >= 15 is 0 Å². The SMILES string of the molecule is Cc1noc(C2CCN(C(=O)c3cnn(CC(=O)NC4CCCCC4)c3)C2)n1. The van der Waals surface area contributed by atoms with Gasteiger partial charge in [0.05, 0.1) is 17.7 Å². The second kappa shape index (κ2) is 8.12. The fraction of sp³-hybridized carbons (Fsp3) is 0.632. The minimum Gasteiger partial charge on any atom is -0.352 e. The zero-order valence-corrected chi connectivity index (χ0v) is 16.1. The van der Waals surface area contributed by atoms with Crippen molar-refractivity contribution < 1.29 is 14.1 Å². The molecular formula is C19H26N6O3. The van der Waals surface area contributed by atoms with E-state index in [1.54, 1.807) is 18.0 Å². The molecule has 2 aromatic rings. The lowest BCUT2D eigenvalue weighted by atomic mass is 9.95. The molecule has 9 heteroatoms. The van der Waals surface area contributed by atoms with E-state index < -0.39 is 0 Å². The molecule has 9 nitrogen and oxygen atoms in total. The van der Waals surface area contributed by atoms with Crippen LogP contribution in [0.5, 0.6) is 0 Å². The third kappa shape index (κ3) is 4.23. The summed E-state index contributed by atoms with van der Waals surface area (Å²) in [7, 11) is 0. The van der Waals surface area contributed by atoms with E-state index in [-0.39, 0.29) is 30.3 Å². The van der Waals surface area contributed by atoms with Gasteiger partial charge in [0.15, 0.2) is 5.82 Å². The van der Waals surface area contributed by atoms with Gasteiger partial charge in [-0.15, -0.1) is 0 Å². The molecule has 1 saturated heterocycles. The molecule has 3 heterocycles. The standard InChI is InChI=1S/C19H26N6O3/c1-13-21-18(28-23-13)14-7-8-24(10-14)19(27)15-9-20-25(11-15)12-17(26)22-16-5-3-2-4-6-16/h9,11,14,16H,2-8,10,12H2,1H3,(H,22,26). The van der Waals surface area contributed by atoms with Crippen LogP contribution >= 0.6 is 0 Å². The van der Waals surface area contributed by atoms with Crippen molar-refractivity contribution >= 4 is 11.8 Å². The summed E-state index contributed by atoms with van der Waals surface area (Å²) < 4.78 is 6.76. The monoisotopic (exact) mass is 386 g/mol. The van der Waals surface area contributed by atoms with Gasteiger partial charge >= 0.3 is 0 Å². The smallest absolute Gasteiger partial charge is 0.257 e. The highest BCUT2D eigenvalue weighted by Gasteiger charge is 2.31. The zero-order chi connectivity index (χ0) is 19.5. The van der Waals surface area contributed by atoms with E-state index in [0.29, 0.717) is 30.4 Å². The van der Waals surface area contributed by atoms with Crippen LogP contribution in [0, 0.1) is 6.92 Å². The van der Waals surface area contributed by atoms with Crippen molar-refractivity contribution in [2.75, 3.05) is 13.1 Å². The summed E-state index contributed by atoms with van der Waals surface area (Å²) in [4.78, 5) is 31.0. The summed E-state index contributed by atoms with van der Waals surface area (Å²) in [5.41, 5.74) is 0.493. The van der Waals surface area contributed by atoms with Gasteiger partial charge in [-0.2, -0.15) is 10.1 Å². The van der Waals surface area contributed by atoms with Crippen LogP contribution in [0.25, 0.3) is 0 Å². The van der Waals surface area contributed by atoms with Crippen LogP contribution < -0.4 is 5.32 Å². The normalized spacial score (nSPS) is 20.5. The van der Waals surface area contributed by atoms with Crippen LogP contribution in [0.2, 0.25) is 0 Å². The van der Waals surface area contributed by atoms with Crippen molar-refractivity contribution in [3.05, 3.63) is 29.7 Å². The van der Waals surface area contributed by atoms with Gasteiger partial charge < -0.3 is 14.7 Å². The molecule has 0 spiro atoms. The second-order valence-corrected chi connectivity index (χ2v) is 7.75. The fourth-order valence-corrected chi connectivity index (χ4v) is 4.04. The number of hydrogen-bond donors (Lipinski definition) is 1. The first-order valence-electron chi connectivity index (χ1n) is 10.00. The Hall–Kier alpha value is -2.71. The van der Waals surface area contributed by atoms with E-state index in [4.69, 9.17) is 4.52 Å². The number of nitrogens with one attached hydrogen (secondary N) is 1. The molecule has 1 saturated carbocycles. The Morgan fingerprint density at radius 1 is 1.25 bits per heavy atom. The van der Waals surface area contributed by atoms with E-state index in [0.717, 1.165) is 19.3 Å². The molecule has 1 N–H and O–H groups in total. The molecule has 1 unspecified atom stereocenters. The average Bonchev–Trinajstić information content (AvgIpc) is 3.42. The van der Waals surface area contributed by atoms with Gasteiger partial charge in [-0.25, -0.2) is 0 Å². The predicted molar refractivity (Wildman–Crippen MR) is 99.5 cm³/mol. The quantitative estimate of drug-likeness (QED) is 0.837. The molecule has 2 aliphatic rings. The van der Waals surface area contributed by atoms with Gasteiger partial charge in [-0.05, 0) is 26.2 Å². The van der Waals surface area contributed by atoms with Gasteiger partial charge in [0.2, 0.25) is 11.8 Å². The largest absolute Gasteiger partial charge is 0.352 e. The molecule has 4 rings (SSSR count). The molecule has 0 radical (unpaired) electrons. The van der Waals surface area contributed by atoms with E-state index in [1.165, 1.54) is 30.1 Å². The summed E-state index contributed by atoms with van der Waals surface area (Å²) in [6.45, 7) is 3.10. The van der Waals surface area contributed by atoms with Crippen molar-refractivity contribution in [3.63, 3.8) is 0 Å². The molecule has 28 heavy (non-hydrogen) atoms. The van der Waals surface area contributed by atoms with Crippen molar-refractivity contribution in [1.29, 1.82) is 0 Å². The van der Waals surface area contributed by atoms with E-state index in [2.05, 4.69) is 20.6 Å². The van der Waals surface area contributed by atoms with Crippen LogP contribution in [-0.2, 0) is 11.3 Å². The Bertz CT molecular complexity index is 838. The Kier molecular flexibility index (Phi) is 5.40. The first-order chi connectivity index (χ1) is 13.6. The number of nitrogens with zero attached hydrogens (tertiary/aromatic N) is 5. The minimum atomic E-state index is -0.0855. The summed E-state index contributed by atoms with van der Waals surface area (Å²) in [6, 6.07) is 0.271. The summed E-state index contributed by atoms with van der Waals surface area (Å²) >= 11 is 0. The van der Waals surface area contributed by atoms with Crippen molar-refractivity contribution in [2.45, 2.75) is 64.0 Å². The average molecular weight is 386 g/mol. The molecule has 2 aromatic heterocycles. The summed E-state index contributed by atoms with van der Waals surface area (Å²) in [5, 5.41) is 11.1. The van der Waals surface area contributed by atoms with Gasteiger partial charge in [-0.3, -0.25) is 14.3 Å². The Morgan fingerprint density at radius 2 is 2.07 bits per heavy atom.